The molecule has 0 aliphatic heterocycles. The molecule has 1 heterocycles. The van der Waals surface area contributed by atoms with Crippen molar-refractivity contribution in [1.82, 2.24) is 4.98 Å². The van der Waals surface area contributed by atoms with E-state index in [-0.39, 0.29) is 11.6 Å². The maximum Gasteiger partial charge on any atom is 0.295 e. The number of aromatic nitrogens is 1. The highest BCUT2D eigenvalue weighted by Crippen LogP contribution is 2.29. The van der Waals surface area contributed by atoms with Gasteiger partial charge in [-0.15, -0.1) is 0 Å². The lowest BCUT2D eigenvalue weighted by atomic mass is 10.1. The monoisotopic (exact) mass is 380 g/mol. The van der Waals surface area contributed by atoms with Crippen molar-refractivity contribution in [2.45, 2.75) is 13.8 Å². The van der Waals surface area contributed by atoms with E-state index in [1.54, 1.807) is 43.3 Å². The van der Waals surface area contributed by atoms with E-state index in [4.69, 9.17) is 4.74 Å². The van der Waals surface area contributed by atoms with Gasteiger partial charge in [-0.2, -0.15) is 0 Å². The number of fused-ring (bicyclic) bond motifs is 1. The van der Waals surface area contributed by atoms with Crippen LogP contribution in [0.5, 0.6) is 5.75 Å². The van der Waals surface area contributed by atoms with Crippen LogP contribution in [-0.4, -0.2) is 29.0 Å². The third kappa shape index (κ3) is 4.53. The highest BCUT2D eigenvalue weighted by molar-refractivity contribution is 5.96. The predicted octanol–water partition coefficient (Wildman–Crippen LogP) is 3.90. The SMILES string of the molecule is CC(=O)Nc1cccc(OCCNc2cc(C)nc3c([N+](=O)[O-])cccc23)c1. The first-order valence-electron chi connectivity index (χ1n) is 8.73. The van der Waals surface area contributed by atoms with Gasteiger partial charge in [0.1, 0.15) is 12.4 Å². The third-order valence-electron chi connectivity index (χ3n) is 3.98. The van der Waals surface area contributed by atoms with E-state index in [1.807, 2.05) is 6.07 Å². The molecule has 0 aliphatic rings. The number of nitro groups is 1. The number of hydrogen-bond acceptors (Lipinski definition) is 6. The number of amides is 1. The van der Waals surface area contributed by atoms with Crippen LogP contribution in [0.3, 0.4) is 0 Å². The number of nitrogens with zero attached hydrogens (tertiary/aromatic N) is 2. The molecule has 144 valence electrons. The summed E-state index contributed by atoms with van der Waals surface area (Å²) in [7, 11) is 0. The Morgan fingerprint density at radius 1 is 1.21 bits per heavy atom. The average molecular weight is 380 g/mol. The molecule has 0 spiro atoms. The highest BCUT2D eigenvalue weighted by atomic mass is 16.6. The van der Waals surface area contributed by atoms with Crippen LogP contribution in [-0.2, 0) is 4.79 Å². The summed E-state index contributed by atoms with van der Waals surface area (Å²) in [6, 6.07) is 13.9. The number of nitrogens with one attached hydrogen (secondary N) is 2. The van der Waals surface area contributed by atoms with Gasteiger partial charge in [-0.1, -0.05) is 18.2 Å². The second kappa shape index (κ2) is 8.34. The van der Waals surface area contributed by atoms with Crippen LogP contribution in [0.1, 0.15) is 12.6 Å². The van der Waals surface area contributed by atoms with Crippen molar-refractivity contribution in [3.05, 3.63) is 64.3 Å². The van der Waals surface area contributed by atoms with Crippen molar-refractivity contribution in [2.75, 3.05) is 23.8 Å². The minimum absolute atomic E-state index is 0.0183. The molecule has 0 saturated carbocycles. The molecule has 3 rings (SSSR count). The quantitative estimate of drug-likeness (QED) is 0.366. The van der Waals surface area contributed by atoms with Gasteiger partial charge in [-0.3, -0.25) is 14.9 Å². The van der Waals surface area contributed by atoms with Crippen molar-refractivity contribution in [2.24, 2.45) is 0 Å². The number of non-ortho nitro benzene ring substituents is 1. The number of anilines is 2. The lowest BCUT2D eigenvalue weighted by Crippen LogP contribution is -2.12. The first kappa shape index (κ1) is 19.1. The van der Waals surface area contributed by atoms with Gasteiger partial charge >= 0.3 is 0 Å². The van der Waals surface area contributed by atoms with Crippen LogP contribution in [0.2, 0.25) is 0 Å². The minimum atomic E-state index is -0.427. The molecule has 0 aliphatic carbocycles. The molecular formula is C20H20N4O4. The van der Waals surface area contributed by atoms with Crippen LogP contribution in [0.4, 0.5) is 17.1 Å². The molecule has 8 nitrogen and oxygen atoms in total. The summed E-state index contributed by atoms with van der Waals surface area (Å²) >= 11 is 0. The Morgan fingerprint density at radius 3 is 2.75 bits per heavy atom. The normalized spacial score (nSPS) is 10.5. The smallest absolute Gasteiger partial charge is 0.295 e. The number of pyridine rings is 1. The number of ether oxygens (including phenoxy) is 1. The fourth-order valence-electron chi connectivity index (χ4n) is 2.88. The largest absolute Gasteiger partial charge is 0.492 e. The molecule has 2 N–H and O–H groups in total. The second-order valence-electron chi connectivity index (χ2n) is 6.23. The van der Waals surface area contributed by atoms with Gasteiger partial charge in [0.15, 0.2) is 5.52 Å². The van der Waals surface area contributed by atoms with Gasteiger partial charge in [-0.25, -0.2) is 4.98 Å². The summed E-state index contributed by atoms with van der Waals surface area (Å²) in [5.41, 5.74) is 2.46. The molecule has 1 amide bonds. The van der Waals surface area contributed by atoms with Crippen molar-refractivity contribution in [1.29, 1.82) is 0 Å². The van der Waals surface area contributed by atoms with Crippen LogP contribution in [0.25, 0.3) is 10.9 Å². The number of para-hydroxylation sites is 1. The van der Waals surface area contributed by atoms with Crippen LogP contribution >= 0.6 is 0 Å². The Balaban J connectivity index is 1.68. The van der Waals surface area contributed by atoms with Crippen molar-refractivity contribution in [3.8, 4) is 5.75 Å². The van der Waals surface area contributed by atoms with E-state index in [9.17, 15) is 14.9 Å². The zero-order chi connectivity index (χ0) is 20.1. The molecule has 8 heteroatoms. The maximum atomic E-state index is 11.2. The van der Waals surface area contributed by atoms with Gasteiger partial charge in [-0.05, 0) is 25.1 Å². The van der Waals surface area contributed by atoms with Crippen molar-refractivity contribution >= 4 is 33.9 Å². The zero-order valence-corrected chi connectivity index (χ0v) is 15.6. The first-order valence-corrected chi connectivity index (χ1v) is 8.73. The maximum absolute atomic E-state index is 11.2. The molecule has 1 aromatic heterocycles. The molecule has 0 radical (unpaired) electrons. The number of carbonyl (C=O) groups is 1. The molecular weight excluding hydrogens is 360 g/mol. The molecule has 0 saturated heterocycles. The summed E-state index contributed by atoms with van der Waals surface area (Å²) < 4.78 is 5.72. The summed E-state index contributed by atoms with van der Waals surface area (Å²) in [6.07, 6.45) is 0. The lowest BCUT2D eigenvalue weighted by molar-refractivity contribution is -0.383. The van der Waals surface area contributed by atoms with Gasteiger partial charge < -0.3 is 15.4 Å². The molecule has 0 atom stereocenters. The minimum Gasteiger partial charge on any atom is -0.492 e. The Bertz CT molecular complexity index is 1040. The number of rotatable bonds is 7. The third-order valence-corrected chi connectivity index (χ3v) is 3.98. The number of benzene rings is 2. The number of nitro benzene ring substituents is 1. The van der Waals surface area contributed by atoms with Gasteiger partial charge in [0, 0.05) is 48.1 Å². The topological polar surface area (TPSA) is 106 Å². The van der Waals surface area contributed by atoms with E-state index < -0.39 is 4.92 Å². The standard InChI is InChI=1S/C20H20N4O4/c1-13-11-18(17-7-4-8-19(24(26)27)20(17)22-13)21-9-10-28-16-6-3-5-15(12-16)23-14(2)25/h3-8,11-12H,9-10H2,1-2H3,(H,21,22)(H,23,25). The molecule has 0 fully saturated rings. The highest BCUT2D eigenvalue weighted by Gasteiger charge is 2.15. The van der Waals surface area contributed by atoms with Crippen molar-refractivity contribution in [3.63, 3.8) is 0 Å². The number of carbonyl (C=O) groups excluding carboxylic acids is 1. The zero-order valence-electron chi connectivity index (χ0n) is 15.6. The molecule has 3 aromatic rings. The molecule has 0 unspecified atom stereocenters. The Hall–Kier alpha value is -3.68. The van der Waals surface area contributed by atoms with E-state index in [0.717, 1.165) is 5.69 Å². The van der Waals surface area contributed by atoms with Crippen molar-refractivity contribution < 1.29 is 14.5 Å². The number of aryl methyl sites for hydroxylation is 1. The predicted molar refractivity (Wildman–Crippen MR) is 108 cm³/mol. The average Bonchev–Trinajstić information content (AvgIpc) is 2.64. The van der Waals surface area contributed by atoms with E-state index in [1.165, 1.54) is 13.0 Å². The molecule has 0 bridgehead atoms. The summed E-state index contributed by atoms with van der Waals surface area (Å²) in [6.45, 7) is 4.11. The first-order chi connectivity index (χ1) is 13.4. The van der Waals surface area contributed by atoms with Gasteiger partial charge in [0.05, 0.1) is 4.92 Å². The van der Waals surface area contributed by atoms with E-state index in [0.29, 0.717) is 41.2 Å². The summed E-state index contributed by atoms with van der Waals surface area (Å²) in [4.78, 5) is 26.3. The Kier molecular flexibility index (Phi) is 5.69. The fourth-order valence-corrected chi connectivity index (χ4v) is 2.88. The molecule has 28 heavy (non-hydrogen) atoms. The second-order valence-corrected chi connectivity index (χ2v) is 6.23. The van der Waals surface area contributed by atoms with Crippen LogP contribution in [0.15, 0.2) is 48.5 Å². The van der Waals surface area contributed by atoms with E-state index >= 15 is 0 Å². The summed E-state index contributed by atoms with van der Waals surface area (Å²) in [5, 5.41) is 17.9. The lowest BCUT2D eigenvalue weighted by Gasteiger charge is -2.12. The van der Waals surface area contributed by atoms with Crippen LogP contribution < -0.4 is 15.4 Å². The molecule has 2 aromatic carbocycles. The Morgan fingerprint density at radius 2 is 2.00 bits per heavy atom. The number of hydrogen-bond donors (Lipinski definition) is 2. The van der Waals surface area contributed by atoms with Gasteiger partial charge in [0.25, 0.3) is 5.69 Å². The van der Waals surface area contributed by atoms with Crippen LogP contribution in [0, 0.1) is 17.0 Å². The van der Waals surface area contributed by atoms with Gasteiger partial charge in [0.2, 0.25) is 5.91 Å². The van der Waals surface area contributed by atoms with E-state index in [2.05, 4.69) is 15.6 Å². The summed E-state index contributed by atoms with van der Waals surface area (Å²) in [5.74, 6) is 0.493. The fraction of sp³-hybridized carbons (Fsp3) is 0.200. The Labute approximate surface area is 161 Å².